The number of benzene rings is 2. The van der Waals surface area contributed by atoms with Gasteiger partial charge in [-0.25, -0.2) is 0 Å². The monoisotopic (exact) mass is 415 g/mol. The van der Waals surface area contributed by atoms with E-state index in [1.807, 2.05) is 66.7 Å². The molecule has 0 saturated heterocycles. The van der Waals surface area contributed by atoms with Gasteiger partial charge in [0.25, 0.3) is 0 Å². The summed E-state index contributed by atoms with van der Waals surface area (Å²) in [5.41, 5.74) is 8.43. The third kappa shape index (κ3) is 6.54. The van der Waals surface area contributed by atoms with E-state index in [1.54, 1.807) is 18.2 Å². The van der Waals surface area contributed by atoms with Crippen molar-refractivity contribution >= 4 is 17.7 Å². The summed E-state index contributed by atoms with van der Waals surface area (Å²) in [7, 11) is 0. The molecule has 0 radical (unpaired) electrons. The molecular weight excluding hydrogens is 390 g/mol. The van der Waals surface area contributed by atoms with Crippen LogP contribution in [0.4, 0.5) is 0 Å². The maximum Gasteiger partial charge on any atom is 0.319 e. The second-order valence-electron chi connectivity index (χ2n) is 7.16. The number of allylic oxidation sites excluding steroid dienone is 3. The normalized spacial score (nSPS) is 13.9. The first kappa shape index (κ1) is 21.8. The Morgan fingerprint density at radius 2 is 1.65 bits per heavy atom. The Morgan fingerprint density at radius 1 is 1.00 bits per heavy atom. The lowest BCUT2D eigenvalue weighted by Gasteiger charge is -2.17. The van der Waals surface area contributed by atoms with Gasteiger partial charge in [-0.15, -0.1) is 0 Å². The summed E-state index contributed by atoms with van der Waals surface area (Å²) in [5.74, 6) is -2.04. The van der Waals surface area contributed by atoms with Crippen molar-refractivity contribution in [3.05, 3.63) is 107 Å². The van der Waals surface area contributed by atoms with Gasteiger partial charge in [0.05, 0.1) is 0 Å². The topological polar surface area (TPSA) is 105 Å². The van der Waals surface area contributed by atoms with E-state index in [-0.39, 0.29) is 18.9 Å². The van der Waals surface area contributed by atoms with Crippen molar-refractivity contribution in [3.63, 3.8) is 0 Å². The third-order valence-electron chi connectivity index (χ3n) is 4.80. The summed E-state index contributed by atoms with van der Waals surface area (Å²) in [6.45, 7) is 0.106. The smallest absolute Gasteiger partial charge is 0.319 e. The molecule has 0 aliphatic heterocycles. The van der Waals surface area contributed by atoms with Crippen LogP contribution in [0.15, 0.2) is 96.2 Å². The van der Waals surface area contributed by atoms with Crippen LogP contribution in [0.5, 0.6) is 0 Å². The zero-order valence-corrected chi connectivity index (χ0v) is 17.1. The highest BCUT2D eigenvalue weighted by atomic mass is 16.5. The van der Waals surface area contributed by atoms with Gasteiger partial charge in [-0.2, -0.15) is 0 Å². The van der Waals surface area contributed by atoms with Crippen LogP contribution < -0.4 is 11.1 Å². The molecule has 3 rings (SSSR count). The molecule has 2 aromatic carbocycles. The summed E-state index contributed by atoms with van der Waals surface area (Å²) in [6.07, 6.45) is 7.60. The maximum absolute atomic E-state index is 13.0. The number of nitrogens with one attached hydrogen (secondary N) is 2. The number of carbonyl (C=O) groups is 2. The van der Waals surface area contributed by atoms with Gasteiger partial charge in [-0.3, -0.25) is 15.0 Å². The van der Waals surface area contributed by atoms with Gasteiger partial charge < -0.3 is 15.8 Å². The van der Waals surface area contributed by atoms with Gasteiger partial charge in [0.1, 0.15) is 18.4 Å². The fraction of sp³-hybridized carbons (Fsp3) is 0.160. The molecule has 31 heavy (non-hydrogen) atoms. The Bertz CT molecular complexity index is 1020. The highest BCUT2D eigenvalue weighted by molar-refractivity contribution is 5.99. The number of esters is 1. The minimum Gasteiger partial charge on any atom is -0.460 e. The first-order valence-corrected chi connectivity index (χ1v) is 10.00. The highest BCUT2D eigenvalue weighted by Gasteiger charge is 2.29. The molecule has 2 aromatic rings. The molecule has 4 N–H and O–H groups in total. The Kier molecular flexibility index (Phi) is 7.54. The van der Waals surface area contributed by atoms with E-state index in [0.29, 0.717) is 17.7 Å². The van der Waals surface area contributed by atoms with Gasteiger partial charge in [-0.1, -0.05) is 72.8 Å². The van der Waals surface area contributed by atoms with Crippen LogP contribution in [-0.2, 0) is 27.4 Å². The van der Waals surface area contributed by atoms with Crippen LogP contribution in [0, 0.1) is 11.3 Å². The molecule has 0 saturated carbocycles. The fourth-order valence-electron chi connectivity index (χ4n) is 3.11. The lowest BCUT2D eigenvalue weighted by atomic mass is 9.98. The summed E-state index contributed by atoms with van der Waals surface area (Å²) in [5, 5.41) is 10.4. The number of hydrogen-bond acceptors (Lipinski definition) is 4. The zero-order valence-electron chi connectivity index (χ0n) is 17.1. The molecule has 6 heteroatoms. The second-order valence-corrected chi connectivity index (χ2v) is 7.16. The van der Waals surface area contributed by atoms with Crippen molar-refractivity contribution in [2.24, 2.45) is 11.7 Å². The van der Waals surface area contributed by atoms with Gasteiger partial charge in [-0.05, 0) is 29.7 Å². The predicted octanol–water partition coefficient (Wildman–Crippen LogP) is 3.41. The minimum atomic E-state index is -0.990. The van der Waals surface area contributed by atoms with Gasteiger partial charge in [0.15, 0.2) is 0 Å². The second kappa shape index (κ2) is 10.7. The predicted molar refractivity (Wildman–Crippen MR) is 120 cm³/mol. The van der Waals surface area contributed by atoms with Crippen molar-refractivity contribution in [1.82, 2.24) is 5.32 Å². The van der Waals surface area contributed by atoms with E-state index < -0.39 is 17.8 Å². The van der Waals surface area contributed by atoms with Crippen LogP contribution in [0.1, 0.15) is 17.5 Å². The molecule has 0 spiro atoms. The minimum absolute atomic E-state index is 0.0495. The molecule has 0 heterocycles. The number of amides is 1. The number of ether oxygens (including phenoxy) is 1. The Morgan fingerprint density at radius 3 is 2.29 bits per heavy atom. The number of amidine groups is 1. The number of hydrogen-bond donors (Lipinski definition) is 3. The summed E-state index contributed by atoms with van der Waals surface area (Å²) in [6, 6.07) is 18.7. The molecule has 1 aliphatic rings. The SMILES string of the molecule is N=C(N)C1=CC=C(NC(=O)C(Cc2ccccc2)C(=O)OCc2ccccc2)CC=C1. The molecule has 0 aromatic heterocycles. The van der Waals surface area contributed by atoms with Crippen molar-refractivity contribution < 1.29 is 14.3 Å². The van der Waals surface area contributed by atoms with Gasteiger partial charge >= 0.3 is 5.97 Å². The summed E-state index contributed by atoms with van der Waals surface area (Å²) in [4.78, 5) is 25.9. The van der Waals surface area contributed by atoms with Crippen LogP contribution in [0.2, 0.25) is 0 Å². The average molecular weight is 415 g/mol. The summed E-state index contributed by atoms with van der Waals surface area (Å²) >= 11 is 0. The molecule has 1 aliphatic carbocycles. The summed E-state index contributed by atoms with van der Waals surface area (Å²) < 4.78 is 5.46. The van der Waals surface area contributed by atoms with E-state index in [2.05, 4.69) is 5.32 Å². The number of carbonyl (C=O) groups excluding carboxylic acids is 2. The van der Waals surface area contributed by atoms with E-state index in [9.17, 15) is 9.59 Å². The van der Waals surface area contributed by atoms with E-state index in [1.165, 1.54) is 0 Å². The molecule has 0 bridgehead atoms. The van der Waals surface area contributed by atoms with Crippen LogP contribution in [0.3, 0.4) is 0 Å². The molecule has 0 fully saturated rings. The maximum atomic E-state index is 13.0. The van der Waals surface area contributed by atoms with Crippen molar-refractivity contribution in [1.29, 1.82) is 5.41 Å². The van der Waals surface area contributed by atoms with Crippen LogP contribution in [0.25, 0.3) is 0 Å². The molecule has 158 valence electrons. The lowest BCUT2D eigenvalue weighted by Crippen LogP contribution is -2.37. The Labute approximate surface area is 181 Å². The van der Waals surface area contributed by atoms with Crippen molar-refractivity contribution in [3.8, 4) is 0 Å². The highest BCUT2D eigenvalue weighted by Crippen LogP contribution is 2.15. The quantitative estimate of drug-likeness (QED) is 0.266. The van der Waals surface area contributed by atoms with Gasteiger partial charge in [0.2, 0.25) is 5.91 Å². The van der Waals surface area contributed by atoms with Crippen molar-refractivity contribution in [2.45, 2.75) is 19.4 Å². The molecule has 1 unspecified atom stereocenters. The largest absolute Gasteiger partial charge is 0.460 e. The van der Waals surface area contributed by atoms with Gasteiger partial charge in [0, 0.05) is 17.7 Å². The molecule has 1 amide bonds. The Balaban J connectivity index is 1.73. The number of nitrogens with two attached hydrogens (primary N) is 1. The third-order valence-corrected chi connectivity index (χ3v) is 4.80. The first-order valence-electron chi connectivity index (χ1n) is 10.00. The van der Waals surface area contributed by atoms with E-state index in [4.69, 9.17) is 15.9 Å². The lowest BCUT2D eigenvalue weighted by molar-refractivity contribution is -0.153. The van der Waals surface area contributed by atoms with Crippen LogP contribution in [-0.4, -0.2) is 17.7 Å². The first-order chi connectivity index (χ1) is 15.0. The zero-order chi connectivity index (χ0) is 22.1. The fourth-order valence-corrected chi connectivity index (χ4v) is 3.11. The van der Waals surface area contributed by atoms with Crippen LogP contribution >= 0.6 is 0 Å². The standard InChI is InChI=1S/C25H25N3O3/c26-23(27)20-12-7-13-21(15-14-20)28-24(29)22(16-18-8-3-1-4-9-18)25(30)31-17-19-10-5-2-6-11-19/h1-12,14-15,22H,13,16-17H2,(H3,26,27)(H,28,29). The van der Waals surface area contributed by atoms with E-state index >= 15 is 0 Å². The van der Waals surface area contributed by atoms with Crippen molar-refractivity contribution in [2.75, 3.05) is 0 Å². The average Bonchev–Trinajstić information content (AvgIpc) is 3.03. The van der Waals surface area contributed by atoms with E-state index in [0.717, 1.165) is 11.1 Å². The molecule has 1 atom stereocenters. The Hall–Kier alpha value is -3.93. The number of rotatable bonds is 8. The molecule has 6 nitrogen and oxygen atoms in total. The molecular formula is C25H25N3O3.